The Morgan fingerprint density at radius 3 is 0.750 bits per heavy atom. The van der Waals surface area contributed by atoms with Crippen LogP contribution < -0.4 is 0 Å². The van der Waals surface area contributed by atoms with Gasteiger partial charge in [-0.05, 0) is 119 Å². The Labute approximate surface area is 275 Å². The molecule has 0 bridgehead atoms. The van der Waals surface area contributed by atoms with Crippen molar-refractivity contribution >= 4 is 108 Å². The predicted octanol–water partition coefficient (Wildman–Crippen LogP) is 13.4. The molecule has 0 spiro atoms. The molecule has 0 amide bonds. The van der Waals surface area contributed by atoms with Gasteiger partial charge in [-0.25, -0.2) is 0 Å². The molecule has 2 unspecified atom stereocenters. The van der Waals surface area contributed by atoms with Crippen LogP contribution in [0.1, 0.15) is 23.0 Å². The molecule has 11 aromatic carbocycles. The minimum Gasteiger partial charge on any atom is -0.0760 e. The van der Waals surface area contributed by atoms with Crippen molar-refractivity contribution in [1.29, 1.82) is 0 Å². The fourth-order valence-corrected chi connectivity index (χ4v) is 10.7. The lowest BCUT2D eigenvalue weighted by molar-refractivity contribution is 0.744. The SMILES string of the molecule is C1=CC2c3c4ccccc4c4c5ccccc5c5c6ccccc6c6c7ccccc7c7c8ccccc8c(c8c3c4c5c6c87)C2C=C1. The number of allylic oxidation sites excluding steroid dienone is 4. The summed E-state index contributed by atoms with van der Waals surface area (Å²) in [6.07, 6.45) is 9.54. The standard InChI is InChI=1S/C48H26/c1-2-14-26-25(13-1)37-27-15-3-4-16-28(27)39-31-19-7-8-20-32(31)41-34-22-10-12-24-36(34)42-35-23-11-9-21-33(35)40-30-18-6-5-17-29(30)38(26)44-43(37)45(39)47(41)48(42)46(40)44/h1-26H. The molecule has 2 aliphatic rings. The van der Waals surface area contributed by atoms with Crippen molar-refractivity contribution in [3.8, 4) is 0 Å². The van der Waals surface area contributed by atoms with Crippen molar-refractivity contribution in [1.82, 2.24) is 0 Å². The van der Waals surface area contributed by atoms with Crippen LogP contribution in [0.3, 0.4) is 0 Å². The average Bonchev–Trinajstić information content (AvgIpc) is 3.16. The molecule has 2 atom stereocenters. The summed E-state index contributed by atoms with van der Waals surface area (Å²) in [7, 11) is 0. The average molecular weight is 603 g/mol. The van der Waals surface area contributed by atoms with Crippen LogP contribution in [-0.4, -0.2) is 0 Å². The lowest BCUT2D eigenvalue weighted by Gasteiger charge is -2.37. The van der Waals surface area contributed by atoms with Gasteiger partial charge < -0.3 is 0 Å². The first-order chi connectivity index (χ1) is 23.9. The fourth-order valence-electron chi connectivity index (χ4n) is 10.7. The molecule has 0 aliphatic heterocycles. The Morgan fingerprint density at radius 2 is 0.458 bits per heavy atom. The Balaban J connectivity index is 1.57. The Bertz CT molecular complexity index is 3080. The van der Waals surface area contributed by atoms with E-state index in [1.807, 2.05) is 0 Å². The summed E-state index contributed by atoms with van der Waals surface area (Å²) >= 11 is 0. The van der Waals surface area contributed by atoms with Gasteiger partial charge in [0.1, 0.15) is 0 Å². The van der Waals surface area contributed by atoms with Crippen LogP contribution in [0.5, 0.6) is 0 Å². The molecular formula is C48H26. The van der Waals surface area contributed by atoms with Crippen molar-refractivity contribution in [3.63, 3.8) is 0 Å². The molecule has 0 fully saturated rings. The summed E-state index contributed by atoms with van der Waals surface area (Å²) in [5.74, 6) is 0.541. The van der Waals surface area contributed by atoms with Crippen LogP contribution in [0.4, 0.5) is 0 Å². The molecule has 11 aromatic rings. The normalized spacial score (nSPS) is 17.4. The molecule has 0 heteroatoms. The Morgan fingerprint density at radius 1 is 0.229 bits per heavy atom. The monoisotopic (exact) mass is 602 g/mol. The third kappa shape index (κ3) is 2.50. The fraction of sp³-hybridized carbons (Fsp3) is 0.0417. The maximum atomic E-state index is 2.49. The van der Waals surface area contributed by atoms with Crippen LogP contribution in [0, 0.1) is 0 Å². The van der Waals surface area contributed by atoms with Gasteiger partial charge in [-0.15, -0.1) is 0 Å². The van der Waals surface area contributed by atoms with Crippen LogP contribution >= 0.6 is 0 Å². The minimum atomic E-state index is 0.270. The van der Waals surface area contributed by atoms with Gasteiger partial charge in [-0.2, -0.15) is 0 Å². The van der Waals surface area contributed by atoms with E-state index in [9.17, 15) is 0 Å². The molecule has 13 rings (SSSR count). The van der Waals surface area contributed by atoms with Crippen molar-refractivity contribution in [2.75, 3.05) is 0 Å². The third-order valence-electron chi connectivity index (χ3n) is 12.2. The van der Waals surface area contributed by atoms with E-state index in [0.29, 0.717) is 0 Å². The highest BCUT2D eigenvalue weighted by atomic mass is 14.4. The molecule has 0 heterocycles. The van der Waals surface area contributed by atoms with Crippen molar-refractivity contribution in [2.24, 2.45) is 0 Å². The van der Waals surface area contributed by atoms with Gasteiger partial charge in [0.15, 0.2) is 0 Å². The number of hydrogen-bond donors (Lipinski definition) is 0. The van der Waals surface area contributed by atoms with Crippen LogP contribution in [0.15, 0.2) is 146 Å². The number of fused-ring (bicyclic) bond motifs is 18. The van der Waals surface area contributed by atoms with E-state index in [2.05, 4.69) is 146 Å². The van der Waals surface area contributed by atoms with Gasteiger partial charge in [-0.1, -0.05) is 146 Å². The largest absolute Gasteiger partial charge is 0.0760 e. The molecule has 0 radical (unpaired) electrons. The number of rotatable bonds is 0. The molecule has 0 saturated carbocycles. The molecule has 0 aromatic heterocycles. The zero-order valence-electron chi connectivity index (χ0n) is 26.0. The van der Waals surface area contributed by atoms with E-state index >= 15 is 0 Å². The van der Waals surface area contributed by atoms with Crippen molar-refractivity contribution in [3.05, 3.63) is 157 Å². The second-order valence-corrected chi connectivity index (χ2v) is 14.1. The predicted molar refractivity (Wildman–Crippen MR) is 208 cm³/mol. The molecule has 0 nitrogen and oxygen atoms in total. The minimum absolute atomic E-state index is 0.270. The summed E-state index contributed by atoms with van der Waals surface area (Å²) in [4.78, 5) is 0. The molecule has 48 heavy (non-hydrogen) atoms. The smallest absolute Gasteiger partial charge is 0.0138 e. The summed E-state index contributed by atoms with van der Waals surface area (Å²) < 4.78 is 0. The number of hydrogen-bond acceptors (Lipinski definition) is 0. The summed E-state index contributed by atoms with van der Waals surface area (Å²) in [6.45, 7) is 0. The lowest BCUT2D eigenvalue weighted by atomic mass is 9.65. The van der Waals surface area contributed by atoms with Crippen LogP contribution in [-0.2, 0) is 0 Å². The van der Waals surface area contributed by atoms with Gasteiger partial charge in [0.2, 0.25) is 0 Å². The highest BCUT2D eigenvalue weighted by Crippen LogP contribution is 2.62. The highest BCUT2D eigenvalue weighted by molar-refractivity contribution is 6.56. The quantitative estimate of drug-likeness (QED) is 0.120. The van der Waals surface area contributed by atoms with E-state index in [-0.39, 0.29) is 11.8 Å². The van der Waals surface area contributed by atoms with E-state index in [1.54, 1.807) is 0 Å². The number of benzene rings is 11. The second kappa shape index (κ2) is 8.11. The topological polar surface area (TPSA) is 0 Å². The second-order valence-electron chi connectivity index (χ2n) is 14.1. The summed E-state index contributed by atoms with van der Waals surface area (Å²) in [5, 5.41) is 28.0. The highest BCUT2D eigenvalue weighted by Gasteiger charge is 2.38. The first kappa shape index (κ1) is 24.2. The lowest BCUT2D eigenvalue weighted by Crippen LogP contribution is -2.16. The van der Waals surface area contributed by atoms with E-state index < -0.39 is 0 Å². The van der Waals surface area contributed by atoms with E-state index in [4.69, 9.17) is 0 Å². The first-order valence-corrected chi connectivity index (χ1v) is 17.2. The van der Waals surface area contributed by atoms with Crippen LogP contribution in [0.2, 0.25) is 0 Å². The van der Waals surface area contributed by atoms with Gasteiger partial charge in [0, 0.05) is 11.8 Å². The Kier molecular flexibility index (Phi) is 4.09. The van der Waals surface area contributed by atoms with Gasteiger partial charge >= 0.3 is 0 Å². The van der Waals surface area contributed by atoms with Crippen molar-refractivity contribution < 1.29 is 0 Å². The summed E-state index contributed by atoms with van der Waals surface area (Å²) in [5.41, 5.74) is 3.01. The van der Waals surface area contributed by atoms with Gasteiger partial charge in [0.25, 0.3) is 0 Å². The van der Waals surface area contributed by atoms with Crippen LogP contribution in [0.25, 0.3) is 108 Å². The van der Waals surface area contributed by atoms with E-state index in [1.165, 1.54) is 119 Å². The third-order valence-corrected chi connectivity index (χ3v) is 12.2. The van der Waals surface area contributed by atoms with Crippen molar-refractivity contribution in [2.45, 2.75) is 11.8 Å². The first-order valence-electron chi connectivity index (χ1n) is 17.2. The molecule has 2 aliphatic carbocycles. The molecule has 218 valence electrons. The summed E-state index contributed by atoms with van der Waals surface area (Å²) in [6, 6.07) is 46.2. The zero-order valence-corrected chi connectivity index (χ0v) is 26.0. The van der Waals surface area contributed by atoms with Gasteiger partial charge in [0.05, 0.1) is 0 Å². The molecule has 0 N–H and O–H groups in total. The van der Waals surface area contributed by atoms with E-state index in [0.717, 1.165) is 0 Å². The molecule has 0 saturated heterocycles. The Hall–Kier alpha value is -5.98. The zero-order chi connectivity index (χ0) is 30.8. The molecular weight excluding hydrogens is 577 g/mol. The van der Waals surface area contributed by atoms with Gasteiger partial charge in [-0.3, -0.25) is 0 Å². The maximum absolute atomic E-state index is 2.49. The maximum Gasteiger partial charge on any atom is 0.0138 e.